The molecule has 31 heavy (non-hydrogen) atoms. The zero-order valence-corrected chi connectivity index (χ0v) is 18.1. The van der Waals surface area contributed by atoms with Crippen molar-refractivity contribution in [1.82, 2.24) is 19.8 Å². The summed E-state index contributed by atoms with van der Waals surface area (Å²) in [6.45, 7) is 5.09. The topological polar surface area (TPSA) is 88.5 Å². The molecule has 1 fully saturated rings. The van der Waals surface area contributed by atoms with E-state index in [0.717, 1.165) is 44.1 Å². The molecule has 9 heteroatoms. The van der Waals surface area contributed by atoms with Crippen LogP contribution in [-0.2, 0) is 22.6 Å². The van der Waals surface area contributed by atoms with E-state index >= 15 is 0 Å². The number of benzene rings is 1. The quantitative estimate of drug-likeness (QED) is 0.637. The van der Waals surface area contributed by atoms with Crippen molar-refractivity contribution in [1.29, 1.82) is 0 Å². The molecule has 0 bridgehead atoms. The molecule has 3 rings (SSSR count). The minimum Gasteiger partial charge on any atom is -0.383 e. The highest BCUT2D eigenvalue weighted by atomic mass is 19.1. The number of carbonyl (C=O) groups is 2. The van der Waals surface area contributed by atoms with E-state index < -0.39 is 11.7 Å². The number of piperidine rings is 1. The first-order valence-corrected chi connectivity index (χ1v) is 10.6. The van der Waals surface area contributed by atoms with Gasteiger partial charge in [-0.3, -0.25) is 14.5 Å². The van der Waals surface area contributed by atoms with E-state index in [1.807, 2.05) is 11.5 Å². The van der Waals surface area contributed by atoms with Gasteiger partial charge in [-0.2, -0.15) is 0 Å². The number of rotatable bonds is 9. The van der Waals surface area contributed by atoms with Crippen LogP contribution in [0.25, 0.3) is 0 Å². The fraction of sp³-hybridized carbons (Fsp3) is 0.500. The van der Waals surface area contributed by atoms with E-state index in [1.54, 1.807) is 19.6 Å². The summed E-state index contributed by atoms with van der Waals surface area (Å²) in [4.78, 5) is 31.6. The second-order valence-corrected chi connectivity index (χ2v) is 7.61. The maximum absolute atomic E-state index is 14.2. The van der Waals surface area contributed by atoms with Crippen LogP contribution in [-0.4, -0.2) is 59.1 Å². The van der Waals surface area contributed by atoms with Crippen molar-refractivity contribution in [3.8, 4) is 0 Å². The number of hydrogen-bond acceptors (Lipinski definition) is 5. The van der Waals surface area contributed by atoms with Crippen LogP contribution >= 0.6 is 0 Å². The largest absolute Gasteiger partial charge is 0.383 e. The van der Waals surface area contributed by atoms with Crippen molar-refractivity contribution in [2.45, 2.75) is 45.3 Å². The lowest BCUT2D eigenvalue weighted by molar-refractivity contribution is -0.122. The molecule has 0 saturated carbocycles. The van der Waals surface area contributed by atoms with Crippen molar-refractivity contribution in [2.24, 2.45) is 0 Å². The molecule has 168 valence electrons. The Morgan fingerprint density at radius 1 is 1.29 bits per heavy atom. The van der Waals surface area contributed by atoms with E-state index in [0.29, 0.717) is 13.2 Å². The molecule has 0 radical (unpaired) electrons. The first-order chi connectivity index (χ1) is 15.0. The Morgan fingerprint density at radius 3 is 2.90 bits per heavy atom. The predicted octanol–water partition coefficient (Wildman–Crippen LogP) is 2.41. The smallest absolute Gasteiger partial charge is 0.251 e. The second kappa shape index (κ2) is 11.0. The summed E-state index contributed by atoms with van der Waals surface area (Å²) in [5, 5.41) is 5.56. The maximum Gasteiger partial charge on any atom is 0.251 e. The molecule has 0 spiro atoms. The van der Waals surface area contributed by atoms with Gasteiger partial charge in [0.05, 0.1) is 31.2 Å². The number of likely N-dealkylation sites (tertiary alicyclic amines) is 1. The van der Waals surface area contributed by atoms with Crippen LogP contribution < -0.4 is 10.6 Å². The first kappa shape index (κ1) is 22.9. The van der Waals surface area contributed by atoms with Crippen LogP contribution in [0.4, 0.5) is 10.1 Å². The van der Waals surface area contributed by atoms with Gasteiger partial charge in [0.15, 0.2) is 0 Å². The van der Waals surface area contributed by atoms with Crippen LogP contribution in [0.1, 0.15) is 42.2 Å². The highest BCUT2D eigenvalue weighted by Crippen LogP contribution is 2.20. The molecule has 0 aliphatic carbocycles. The summed E-state index contributed by atoms with van der Waals surface area (Å²) >= 11 is 0. The van der Waals surface area contributed by atoms with E-state index in [1.165, 1.54) is 12.1 Å². The van der Waals surface area contributed by atoms with Gasteiger partial charge in [-0.15, -0.1) is 0 Å². The number of nitrogens with one attached hydrogen (secondary N) is 2. The second-order valence-electron chi connectivity index (χ2n) is 7.61. The molecular formula is C22H30FN5O3. The lowest BCUT2D eigenvalue weighted by Gasteiger charge is -2.33. The minimum atomic E-state index is -0.580. The van der Waals surface area contributed by atoms with Gasteiger partial charge in [0.25, 0.3) is 5.91 Å². The zero-order chi connectivity index (χ0) is 22.2. The molecule has 8 nitrogen and oxygen atoms in total. The molecular weight excluding hydrogens is 401 g/mol. The number of ether oxygens (including phenoxy) is 1. The summed E-state index contributed by atoms with van der Waals surface area (Å²) in [6, 6.07) is 3.66. The van der Waals surface area contributed by atoms with Crippen LogP contribution in [0.3, 0.4) is 0 Å². The predicted molar refractivity (Wildman–Crippen MR) is 115 cm³/mol. The Morgan fingerprint density at radius 2 is 2.13 bits per heavy atom. The Labute approximate surface area is 181 Å². The van der Waals surface area contributed by atoms with Gasteiger partial charge in [-0.25, -0.2) is 9.37 Å². The van der Waals surface area contributed by atoms with Crippen molar-refractivity contribution in [2.75, 3.05) is 32.1 Å². The van der Waals surface area contributed by atoms with Gasteiger partial charge < -0.3 is 19.9 Å². The minimum absolute atomic E-state index is 0.147. The van der Waals surface area contributed by atoms with Crippen molar-refractivity contribution >= 4 is 17.5 Å². The Kier molecular flexibility index (Phi) is 8.13. The first-order valence-electron chi connectivity index (χ1n) is 10.6. The monoisotopic (exact) mass is 431 g/mol. The molecule has 1 aromatic heterocycles. The van der Waals surface area contributed by atoms with E-state index in [2.05, 4.69) is 20.5 Å². The number of anilines is 1. The van der Waals surface area contributed by atoms with Crippen LogP contribution in [0, 0.1) is 5.82 Å². The number of nitrogens with zero attached hydrogens (tertiary/aromatic N) is 3. The number of amides is 2. The summed E-state index contributed by atoms with van der Waals surface area (Å²) in [5.74, 6) is -1.17. The fourth-order valence-electron chi connectivity index (χ4n) is 3.84. The fourth-order valence-corrected chi connectivity index (χ4v) is 3.84. The standard InChI is InChI=1S/C22H30FN5O3/c1-3-27-7-5-4-6-20(27)22(30)26-18-11-16(10-17(23)12-18)21(29)25-14-19-13-24-15-28(19)8-9-31-2/h10-13,15,20H,3-9,14H2,1-2H3,(H,25,29)(H,26,30). The van der Waals surface area contributed by atoms with Gasteiger partial charge in [0.1, 0.15) is 5.82 Å². The third-order valence-electron chi connectivity index (χ3n) is 5.51. The number of aromatic nitrogens is 2. The zero-order valence-electron chi connectivity index (χ0n) is 18.1. The molecule has 1 unspecified atom stereocenters. The lowest BCUT2D eigenvalue weighted by Crippen LogP contribution is -2.46. The van der Waals surface area contributed by atoms with Crippen LogP contribution in [0.5, 0.6) is 0 Å². The molecule has 1 atom stereocenters. The van der Waals surface area contributed by atoms with Crippen LogP contribution in [0.15, 0.2) is 30.7 Å². The summed E-state index contributed by atoms with van der Waals surface area (Å²) in [6.07, 6.45) is 6.18. The van der Waals surface area contributed by atoms with Gasteiger partial charge in [0.2, 0.25) is 5.91 Å². The molecule has 1 aliphatic heterocycles. The van der Waals surface area contributed by atoms with Gasteiger partial charge in [0, 0.05) is 31.1 Å². The Balaban J connectivity index is 1.64. The van der Waals surface area contributed by atoms with Gasteiger partial charge >= 0.3 is 0 Å². The lowest BCUT2D eigenvalue weighted by atomic mass is 10.0. The highest BCUT2D eigenvalue weighted by molar-refractivity contribution is 5.98. The molecule has 2 aromatic rings. The van der Waals surface area contributed by atoms with E-state index in [9.17, 15) is 14.0 Å². The number of imidazole rings is 1. The average molecular weight is 432 g/mol. The number of hydrogen-bond donors (Lipinski definition) is 2. The molecule has 1 aliphatic rings. The number of carbonyl (C=O) groups excluding carboxylic acids is 2. The maximum atomic E-state index is 14.2. The number of halogens is 1. The third kappa shape index (κ3) is 6.11. The number of likely N-dealkylation sites (N-methyl/N-ethyl adjacent to an activating group) is 1. The SMILES string of the molecule is CCN1CCCCC1C(=O)Nc1cc(F)cc(C(=O)NCc2cncn2CCOC)c1. The normalized spacial score (nSPS) is 16.8. The van der Waals surface area contributed by atoms with Gasteiger partial charge in [-0.05, 0) is 44.1 Å². The van der Waals surface area contributed by atoms with E-state index in [4.69, 9.17) is 4.74 Å². The molecule has 2 amide bonds. The van der Waals surface area contributed by atoms with Crippen molar-refractivity contribution in [3.05, 3.63) is 47.8 Å². The summed E-state index contributed by atoms with van der Waals surface area (Å²) in [7, 11) is 1.62. The number of methoxy groups -OCH3 is 1. The third-order valence-corrected chi connectivity index (χ3v) is 5.51. The summed E-state index contributed by atoms with van der Waals surface area (Å²) in [5.41, 5.74) is 1.24. The molecule has 2 heterocycles. The summed E-state index contributed by atoms with van der Waals surface area (Å²) < 4.78 is 21.1. The van der Waals surface area contributed by atoms with E-state index in [-0.39, 0.29) is 29.7 Å². The Hall–Kier alpha value is -2.78. The van der Waals surface area contributed by atoms with Crippen molar-refractivity contribution in [3.63, 3.8) is 0 Å². The molecule has 1 saturated heterocycles. The average Bonchev–Trinajstić information content (AvgIpc) is 3.22. The Bertz CT molecular complexity index is 901. The van der Waals surface area contributed by atoms with Gasteiger partial charge in [-0.1, -0.05) is 13.3 Å². The van der Waals surface area contributed by atoms with Crippen LogP contribution in [0.2, 0.25) is 0 Å². The highest BCUT2D eigenvalue weighted by Gasteiger charge is 2.27. The molecule has 2 N–H and O–H groups in total. The van der Waals surface area contributed by atoms with Crippen molar-refractivity contribution < 1.29 is 18.7 Å². The molecule has 1 aromatic carbocycles.